The molecule has 2 heterocycles. The molecule has 0 aliphatic carbocycles. The van der Waals surface area contributed by atoms with Crippen molar-refractivity contribution in [2.75, 3.05) is 19.7 Å². The van der Waals surface area contributed by atoms with Crippen molar-refractivity contribution in [3.05, 3.63) is 42.2 Å². The maximum Gasteiger partial charge on any atom is 0.275 e. The van der Waals surface area contributed by atoms with E-state index in [0.29, 0.717) is 29.9 Å². The summed E-state index contributed by atoms with van der Waals surface area (Å²) in [6, 6.07) is 9.91. The van der Waals surface area contributed by atoms with Crippen LogP contribution in [0.15, 0.2) is 36.5 Å². The number of rotatable bonds is 6. The molecule has 2 atom stereocenters. The van der Waals surface area contributed by atoms with Gasteiger partial charge in [-0.3, -0.25) is 4.79 Å². The zero-order valence-electron chi connectivity index (χ0n) is 16.1. The van der Waals surface area contributed by atoms with Crippen molar-refractivity contribution >= 4 is 18.3 Å². The second-order valence-electron chi connectivity index (χ2n) is 7.38. The van der Waals surface area contributed by atoms with Gasteiger partial charge < -0.3 is 15.4 Å². The zero-order chi connectivity index (χ0) is 18.5. The highest BCUT2D eigenvalue weighted by Gasteiger charge is 2.26. The van der Waals surface area contributed by atoms with Gasteiger partial charge in [-0.25, -0.2) is 4.68 Å². The maximum absolute atomic E-state index is 12.9. The number of carbonyl (C=O) groups is 1. The Kier molecular flexibility index (Phi) is 7.68. The minimum atomic E-state index is -0.169. The predicted octanol–water partition coefficient (Wildman–Crippen LogP) is 3.06. The van der Waals surface area contributed by atoms with Gasteiger partial charge >= 0.3 is 0 Å². The summed E-state index contributed by atoms with van der Waals surface area (Å²) in [5.74, 6) is 1.12. The summed E-state index contributed by atoms with van der Waals surface area (Å²) >= 11 is 0. The monoisotopic (exact) mass is 392 g/mol. The van der Waals surface area contributed by atoms with Crippen LogP contribution in [-0.4, -0.2) is 41.4 Å². The minimum Gasteiger partial charge on any atom is -0.489 e. The highest BCUT2D eigenvalue weighted by molar-refractivity contribution is 5.95. The quantitative estimate of drug-likeness (QED) is 0.792. The molecule has 1 aromatic heterocycles. The van der Waals surface area contributed by atoms with Gasteiger partial charge in [0.25, 0.3) is 5.91 Å². The summed E-state index contributed by atoms with van der Waals surface area (Å²) in [6.45, 7) is 8.70. The van der Waals surface area contributed by atoms with Gasteiger partial charge in [-0.05, 0) is 43.5 Å². The Morgan fingerprint density at radius 3 is 2.78 bits per heavy atom. The third kappa shape index (κ3) is 5.47. The molecule has 148 valence electrons. The Balaban J connectivity index is 0.00000261. The SMILES string of the molecule is CC(C)COc1cn(-c2ccccc2)nc1C(=O)NC1CCNCC1C.Cl. The molecule has 1 aliphatic heterocycles. The van der Waals surface area contributed by atoms with Gasteiger partial charge in [0.1, 0.15) is 0 Å². The van der Waals surface area contributed by atoms with Crippen molar-refractivity contribution in [3.63, 3.8) is 0 Å². The third-order valence-electron chi connectivity index (χ3n) is 4.59. The van der Waals surface area contributed by atoms with E-state index >= 15 is 0 Å². The highest BCUT2D eigenvalue weighted by atomic mass is 35.5. The Labute approximate surface area is 167 Å². The van der Waals surface area contributed by atoms with Crippen LogP contribution in [0.4, 0.5) is 0 Å². The van der Waals surface area contributed by atoms with E-state index in [2.05, 4.69) is 36.5 Å². The van der Waals surface area contributed by atoms with E-state index in [9.17, 15) is 4.79 Å². The number of carbonyl (C=O) groups excluding carboxylic acids is 1. The van der Waals surface area contributed by atoms with E-state index in [0.717, 1.165) is 25.2 Å². The molecule has 0 saturated carbocycles. The lowest BCUT2D eigenvalue weighted by molar-refractivity contribution is 0.0904. The maximum atomic E-state index is 12.9. The molecule has 27 heavy (non-hydrogen) atoms. The molecular weight excluding hydrogens is 364 g/mol. The van der Waals surface area contributed by atoms with Crippen molar-refractivity contribution < 1.29 is 9.53 Å². The summed E-state index contributed by atoms with van der Waals surface area (Å²) < 4.78 is 7.59. The summed E-state index contributed by atoms with van der Waals surface area (Å²) in [7, 11) is 0. The first-order valence-electron chi connectivity index (χ1n) is 9.34. The smallest absolute Gasteiger partial charge is 0.275 e. The second kappa shape index (κ2) is 9.76. The molecule has 1 aromatic carbocycles. The van der Waals surface area contributed by atoms with E-state index in [-0.39, 0.29) is 24.4 Å². The van der Waals surface area contributed by atoms with Gasteiger partial charge in [-0.1, -0.05) is 39.0 Å². The average molecular weight is 393 g/mol. The molecule has 7 heteroatoms. The number of nitrogens with one attached hydrogen (secondary N) is 2. The number of hydrogen-bond donors (Lipinski definition) is 2. The first-order valence-corrected chi connectivity index (χ1v) is 9.34. The van der Waals surface area contributed by atoms with Gasteiger partial charge in [0, 0.05) is 6.04 Å². The van der Waals surface area contributed by atoms with Gasteiger partial charge in [-0.15, -0.1) is 12.4 Å². The Bertz CT molecular complexity index is 733. The lowest BCUT2D eigenvalue weighted by atomic mass is 9.95. The summed E-state index contributed by atoms with van der Waals surface area (Å²) in [4.78, 5) is 12.9. The first-order chi connectivity index (χ1) is 12.5. The molecule has 0 bridgehead atoms. The largest absolute Gasteiger partial charge is 0.489 e. The van der Waals surface area contributed by atoms with Crippen LogP contribution in [0, 0.1) is 11.8 Å². The van der Waals surface area contributed by atoms with Crippen LogP contribution in [0.3, 0.4) is 0 Å². The zero-order valence-corrected chi connectivity index (χ0v) is 17.0. The van der Waals surface area contributed by atoms with Crippen molar-refractivity contribution in [3.8, 4) is 11.4 Å². The standard InChI is InChI=1S/C20H28N4O2.ClH/c1-14(2)13-26-18-12-24(16-7-5-4-6-8-16)23-19(18)20(25)22-17-9-10-21-11-15(17)3;/h4-8,12,14-15,17,21H,9-11,13H2,1-3H3,(H,22,25);1H. The van der Waals surface area contributed by atoms with E-state index < -0.39 is 0 Å². The Morgan fingerprint density at radius 1 is 1.37 bits per heavy atom. The molecule has 3 rings (SSSR count). The van der Waals surface area contributed by atoms with Crippen LogP contribution >= 0.6 is 12.4 Å². The number of para-hydroxylation sites is 1. The minimum absolute atomic E-state index is 0. The van der Waals surface area contributed by atoms with E-state index in [4.69, 9.17) is 4.74 Å². The normalized spacial score (nSPS) is 19.4. The number of halogens is 1. The molecule has 1 aliphatic rings. The number of amides is 1. The molecule has 2 unspecified atom stereocenters. The third-order valence-corrected chi connectivity index (χ3v) is 4.59. The number of hydrogen-bond acceptors (Lipinski definition) is 4. The summed E-state index contributed by atoms with van der Waals surface area (Å²) in [5.41, 5.74) is 1.25. The molecule has 0 radical (unpaired) electrons. The molecule has 2 N–H and O–H groups in total. The molecule has 1 saturated heterocycles. The van der Waals surface area contributed by atoms with Crippen LogP contribution in [0.1, 0.15) is 37.7 Å². The van der Waals surface area contributed by atoms with E-state index in [1.54, 1.807) is 10.9 Å². The molecule has 2 aromatic rings. The second-order valence-corrected chi connectivity index (χ2v) is 7.38. The van der Waals surface area contributed by atoms with Gasteiger partial charge in [0.2, 0.25) is 0 Å². The predicted molar refractivity (Wildman–Crippen MR) is 109 cm³/mol. The van der Waals surface area contributed by atoms with Crippen LogP contribution < -0.4 is 15.4 Å². The number of benzene rings is 1. The molecule has 0 spiro atoms. The summed E-state index contributed by atoms with van der Waals surface area (Å²) in [6.07, 6.45) is 2.72. The molecule has 6 nitrogen and oxygen atoms in total. The van der Waals surface area contributed by atoms with Crippen LogP contribution in [0.2, 0.25) is 0 Å². The van der Waals surface area contributed by atoms with Crippen molar-refractivity contribution in [2.24, 2.45) is 11.8 Å². The lowest BCUT2D eigenvalue weighted by Crippen LogP contribution is -2.48. The van der Waals surface area contributed by atoms with E-state index in [1.165, 1.54) is 0 Å². The fraction of sp³-hybridized carbons (Fsp3) is 0.500. The highest BCUT2D eigenvalue weighted by Crippen LogP contribution is 2.22. The lowest BCUT2D eigenvalue weighted by Gasteiger charge is -2.30. The Morgan fingerprint density at radius 2 is 2.11 bits per heavy atom. The molecule has 1 fully saturated rings. The fourth-order valence-electron chi connectivity index (χ4n) is 3.06. The van der Waals surface area contributed by atoms with E-state index in [1.807, 2.05) is 30.3 Å². The van der Waals surface area contributed by atoms with Crippen molar-refractivity contribution in [2.45, 2.75) is 33.2 Å². The van der Waals surface area contributed by atoms with Crippen LogP contribution in [0.25, 0.3) is 5.69 Å². The van der Waals surface area contributed by atoms with Gasteiger partial charge in [0.05, 0.1) is 18.5 Å². The fourth-order valence-corrected chi connectivity index (χ4v) is 3.06. The molecular formula is C20H29ClN4O2. The van der Waals surface area contributed by atoms with Gasteiger partial charge in [0.15, 0.2) is 11.4 Å². The first kappa shape index (κ1) is 21.3. The topological polar surface area (TPSA) is 68.2 Å². The number of ether oxygens (including phenoxy) is 1. The number of piperidine rings is 1. The Hall–Kier alpha value is -2.05. The number of aromatic nitrogens is 2. The molecule has 1 amide bonds. The van der Waals surface area contributed by atoms with Crippen LogP contribution in [0.5, 0.6) is 5.75 Å². The summed E-state index contributed by atoms with van der Waals surface area (Å²) in [5, 5.41) is 11.0. The van der Waals surface area contributed by atoms with Crippen molar-refractivity contribution in [1.29, 1.82) is 0 Å². The average Bonchev–Trinajstić information content (AvgIpc) is 3.07. The number of nitrogens with zero attached hydrogens (tertiary/aromatic N) is 2. The van der Waals surface area contributed by atoms with Gasteiger partial charge in [-0.2, -0.15) is 5.10 Å². The van der Waals surface area contributed by atoms with Crippen LogP contribution in [-0.2, 0) is 0 Å². The van der Waals surface area contributed by atoms with Crippen molar-refractivity contribution in [1.82, 2.24) is 20.4 Å².